The molecule has 2 aromatic rings. The molecule has 2 heterocycles. The molecular weight excluding hydrogens is 312 g/mol. The molecule has 1 saturated carbocycles. The molecular formula is C20H26N4O. The van der Waals surface area contributed by atoms with E-state index < -0.39 is 0 Å². The summed E-state index contributed by atoms with van der Waals surface area (Å²) in [7, 11) is 0. The van der Waals surface area contributed by atoms with Crippen LogP contribution in [0.4, 0.5) is 0 Å². The van der Waals surface area contributed by atoms with Crippen LogP contribution in [0.3, 0.4) is 0 Å². The first kappa shape index (κ1) is 16.3. The summed E-state index contributed by atoms with van der Waals surface area (Å²) < 4.78 is 1.91. The van der Waals surface area contributed by atoms with E-state index in [4.69, 9.17) is 0 Å². The molecule has 0 spiro atoms. The summed E-state index contributed by atoms with van der Waals surface area (Å²) in [4.78, 5) is 19.1. The summed E-state index contributed by atoms with van der Waals surface area (Å²) in [6, 6.07) is 11.0. The third kappa shape index (κ3) is 3.60. The van der Waals surface area contributed by atoms with E-state index in [1.54, 1.807) is 12.7 Å². The number of amides is 1. The summed E-state index contributed by atoms with van der Waals surface area (Å²) in [5, 5.41) is 4.26. The standard InChI is InChI=1S/C20H26N4O/c25-20(23-12-4-7-19(13-23)24-15-21-14-22-24)18-10-8-17(9-11-18)16-5-2-1-3-6-16/h1-3,5-6,14-15,17-19H,4,7-13H2. The largest absolute Gasteiger partial charge is 0.340 e. The quantitative estimate of drug-likeness (QED) is 0.862. The highest BCUT2D eigenvalue weighted by Gasteiger charge is 2.32. The van der Waals surface area contributed by atoms with E-state index in [1.807, 2.05) is 4.68 Å². The maximum absolute atomic E-state index is 13.0. The number of hydrogen-bond donors (Lipinski definition) is 0. The molecule has 0 bridgehead atoms. The smallest absolute Gasteiger partial charge is 0.225 e. The van der Waals surface area contributed by atoms with Crippen LogP contribution >= 0.6 is 0 Å². The molecule has 4 rings (SSSR count). The molecule has 1 atom stereocenters. The van der Waals surface area contributed by atoms with Gasteiger partial charge in [0.25, 0.3) is 0 Å². The molecule has 1 aliphatic carbocycles. The van der Waals surface area contributed by atoms with Crippen LogP contribution in [0.5, 0.6) is 0 Å². The summed E-state index contributed by atoms with van der Waals surface area (Å²) in [6.07, 6.45) is 9.76. The first-order valence-electron chi connectivity index (χ1n) is 9.49. The van der Waals surface area contributed by atoms with Crippen molar-refractivity contribution < 1.29 is 4.79 Å². The highest BCUT2D eigenvalue weighted by molar-refractivity contribution is 5.79. The first-order chi connectivity index (χ1) is 12.3. The Morgan fingerprint density at radius 1 is 1.04 bits per heavy atom. The summed E-state index contributed by atoms with van der Waals surface area (Å²) in [5.41, 5.74) is 1.43. The minimum atomic E-state index is 0.203. The van der Waals surface area contributed by atoms with E-state index in [0.717, 1.165) is 51.6 Å². The number of hydrogen-bond acceptors (Lipinski definition) is 3. The summed E-state index contributed by atoms with van der Waals surface area (Å²) in [5.74, 6) is 1.18. The van der Waals surface area contributed by atoms with Crippen LogP contribution in [0.1, 0.15) is 56.0 Å². The Balaban J connectivity index is 1.34. The van der Waals surface area contributed by atoms with Crippen LogP contribution in [0.25, 0.3) is 0 Å². The van der Waals surface area contributed by atoms with Gasteiger partial charge in [-0.2, -0.15) is 5.10 Å². The first-order valence-corrected chi connectivity index (χ1v) is 9.49. The number of rotatable bonds is 3. The lowest BCUT2D eigenvalue weighted by atomic mass is 9.78. The van der Waals surface area contributed by atoms with Crippen molar-refractivity contribution in [1.29, 1.82) is 0 Å². The molecule has 2 aliphatic rings. The van der Waals surface area contributed by atoms with E-state index in [0.29, 0.717) is 11.8 Å². The van der Waals surface area contributed by atoms with Crippen LogP contribution in [0.15, 0.2) is 43.0 Å². The zero-order chi connectivity index (χ0) is 17.1. The third-order valence-electron chi connectivity index (χ3n) is 5.87. The average molecular weight is 338 g/mol. The van der Waals surface area contributed by atoms with E-state index in [-0.39, 0.29) is 12.0 Å². The number of benzene rings is 1. The molecule has 1 saturated heterocycles. The molecule has 5 nitrogen and oxygen atoms in total. The Morgan fingerprint density at radius 2 is 1.84 bits per heavy atom. The van der Waals surface area contributed by atoms with Gasteiger partial charge in [0.15, 0.2) is 0 Å². The SMILES string of the molecule is O=C(C1CCC(c2ccccc2)CC1)N1CCCC(n2cncn2)C1. The number of piperidine rings is 1. The van der Waals surface area contributed by atoms with Crippen LogP contribution in [-0.4, -0.2) is 38.7 Å². The molecule has 1 aromatic carbocycles. The highest BCUT2D eigenvalue weighted by Crippen LogP contribution is 2.37. The molecule has 2 fully saturated rings. The Hall–Kier alpha value is -2.17. The van der Waals surface area contributed by atoms with Crippen molar-refractivity contribution in [2.45, 2.75) is 50.5 Å². The molecule has 1 aliphatic heterocycles. The number of likely N-dealkylation sites (tertiary alicyclic amines) is 1. The van der Waals surface area contributed by atoms with Crippen molar-refractivity contribution in [3.05, 3.63) is 48.5 Å². The van der Waals surface area contributed by atoms with Gasteiger partial charge < -0.3 is 4.90 Å². The van der Waals surface area contributed by atoms with E-state index >= 15 is 0 Å². The van der Waals surface area contributed by atoms with Crippen LogP contribution in [0.2, 0.25) is 0 Å². The fourth-order valence-electron chi connectivity index (χ4n) is 4.43. The molecule has 132 valence electrons. The maximum atomic E-state index is 13.0. The molecule has 25 heavy (non-hydrogen) atoms. The van der Waals surface area contributed by atoms with Crippen LogP contribution in [-0.2, 0) is 4.79 Å². The molecule has 1 amide bonds. The van der Waals surface area contributed by atoms with Crippen molar-refractivity contribution in [2.24, 2.45) is 5.92 Å². The molecule has 5 heteroatoms. The Labute approximate surface area is 149 Å². The van der Waals surface area contributed by atoms with Gasteiger partial charge in [-0.25, -0.2) is 9.67 Å². The van der Waals surface area contributed by atoms with Gasteiger partial charge in [-0.3, -0.25) is 4.79 Å². The molecule has 1 unspecified atom stereocenters. The highest BCUT2D eigenvalue weighted by atomic mass is 16.2. The van der Waals surface area contributed by atoms with Gasteiger partial charge in [-0.15, -0.1) is 0 Å². The van der Waals surface area contributed by atoms with E-state index in [1.165, 1.54) is 5.56 Å². The van der Waals surface area contributed by atoms with Gasteiger partial charge in [-0.1, -0.05) is 30.3 Å². The predicted molar refractivity (Wildman–Crippen MR) is 96.0 cm³/mol. The zero-order valence-corrected chi connectivity index (χ0v) is 14.6. The van der Waals surface area contributed by atoms with E-state index in [2.05, 4.69) is 45.3 Å². The summed E-state index contributed by atoms with van der Waals surface area (Å²) in [6.45, 7) is 1.67. The lowest BCUT2D eigenvalue weighted by molar-refractivity contribution is -0.138. The molecule has 0 N–H and O–H groups in total. The maximum Gasteiger partial charge on any atom is 0.225 e. The van der Waals surface area contributed by atoms with Crippen LogP contribution < -0.4 is 0 Å². The second kappa shape index (κ2) is 7.38. The molecule has 1 aromatic heterocycles. The fraction of sp³-hybridized carbons (Fsp3) is 0.550. The normalized spacial score (nSPS) is 27.2. The topological polar surface area (TPSA) is 51.0 Å². The fourth-order valence-corrected chi connectivity index (χ4v) is 4.43. The lowest BCUT2D eigenvalue weighted by Crippen LogP contribution is -2.44. The second-order valence-electron chi connectivity index (χ2n) is 7.42. The van der Waals surface area contributed by atoms with Gasteiger partial charge in [0.2, 0.25) is 5.91 Å². The Morgan fingerprint density at radius 3 is 2.56 bits per heavy atom. The van der Waals surface area contributed by atoms with Crippen LogP contribution in [0, 0.1) is 5.92 Å². The van der Waals surface area contributed by atoms with Gasteiger partial charge in [-0.05, 0) is 50.0 Å². The van der Waals surface area contributed by atoms with Crippen molar-refractivity contribution >= 4 is 5.91 Å². The average Bonchev–Trinajstić information content (AvgIpc) is 3.23. The Kier molecular flexibility index (Phi) is 4.81. The van der Waals surface area contributed by atoms with Crippen molar-refractivity contribution in [1.82, 2.24) is 19.7 Å². The number of aromatic nitrogens is 3. The predicted octanol–water partition coefficient (Wildman–Crippen LogP) is 3.42. The summed E-state index contributed by atoms with van der Waals surface area (Å²) >= 11 is 0. The number of carbonyl (C=O) groups excluding carboxylic acids is 1. The monoisotopic (exact) mass is 338 g/mol. The minimum absolute atomic E-state index is 0.203. The van der Waals surface area contributed by atoms with E-state index in [9.17, 15) is 4.79 Å². The van der Waals surface area contributed by atoms with Gasteiger partial charge >= 0.3 is 0 Å². The number of nitrogens with zero attached hydrogens (tertiary/aromatic N) is 4. The van der Waals surface area contributed by atoms with Gasteiger partial charge in [0.05, 0.1) is 6.04 Å². The van der Waals surface area contributed by atoms with Gasteiger partial charge in [0, 0.05) is 19.0 Å². The zero-order valence-electron chi connectivity index (χ0n) is 14.6. The molecule has 0 radical (unpaired) electrons. The van der Waals surface area contributed by atoms with Crippen molar-refractivity contribution in [2.75, 3.05) is 13.1 Å². The Bertz CT molecular complexity index is 677. The number of carbonyl (C=O) groups is 1. The second-order valence-corrected chi connectivity index (χ2v) is 7.42. The van der Waals surface area contributed by atoms with Gasteiger partial charge in [0.1, 0.15) is 12.7 Å². The van der Waals surface area contributed by atoms with Crippen molar-refractivity contribution in [3.63, 3.8) is 0 Å². The van der Waals surface area contributed by atoms with Crippen molar-refractivity contribution in [3.8, 4) is 0 Å². The lowest BCUT2D eigenvalue weighted by Gasteiger charge is -2.37. The third-order valence-corrected chi connectivity index (χ3v) is 5.87. The minimum Gasteiger partial charge on any atom is -0.340 e.